The number of alkyl halides is 1. The van der Waals surface area contributed by atoms with Gasteiger partial charge in [-0.1, -0.05) is 0 Å². The van der Waals surface area contributed by atoms with E-state index >= 15 is 0 Å². The topological polar surface area (TPSA) is 38.2 Å². The van der Waals surface area contributed by atoms with E-state index in [0.717, 1.165) is 24.6 Å². The summed E-state index contributed by atoms with van der Waals surface area (Å²) in [6, 6.07) is 1.86. The Morgan fingerprint density at radius 1 is 1.47 bits per heavy atom. The predicted octanol–water partition coefficient (Wildman–Crippen LogP) is 2.64. The molecule has 96 valence electrons. The molecule has 0 saturated heterocycles. The van der Waals surface area contributed by atoms with E-state index in [9.17, 15) is 0 Å². The van der Waals surface area contributed by atoms with Gasteiger partial charge < -0.3 is 9.64 Å². The van der Waals surface area contributed by atoms with Crippen LogP contribution in [-0.2, 0) is 0 Å². The van der Waals surface area contributed by atoms with Crippen molar-refractivity contribution in [3.63, 3.8) is 0 Å². The highest BCUT2D eigenvalue weighted by atomic mass is 35.5. The first-order valence-electron chi connectivity index (χ1n) is 5.86. The molecule has 0 saturated carbocycles. The average molecular weight is 258 g/mol. The molecule has 5 heteroatoms. The van der Waals surface area contributed by atoms with E-state index in [2.05, 4.69) is 14.9 Å². The Balaban J connectivity index is 2.74. The van der Waals surface area contributed by atoms with E-state index in [4.69, 9.17) is 16.3 Å². The summed E-state index contributed by atoms with van der Waals surface area (Å²) in [6.45, 7) is 7.28. The third-order valence-corrected chi connectivity index (χ3v) is 2.56. The zero-order valence-corrected chi connectivity index (χ0v) is 11.7. The summed E-state index contributed by atoms with van der Waals surface area (Å²) in [5, 5.41) is 0.173. The summed E-state index contributed by atoms with van der Waals surface area (Å²) in [5.41, 5.74) is 0. The molecule has 0 bridgehead atoms. The van der Waals surface area contributed by atoms with Crippen molar-refractivity contribution >= 4 is 17.4 Å². The summed E-state index contributed by atoms with van der Waals surface area (Å²) in [6.07, 6.45) is 0.922. The van der Waals surface area contributed by atoms with Crippen LogP contribution in [0.3, 0.4) is 0 Å². The minimum absolute atomic E-state index is 0.173. The molecule has 0 amide bonds. The van der Waals surface area contributed by atoms with Gasteiger partial charge in [-0.15, -0.1) is 11.6 Å². The number of aromatic nitrogens is 2. The minimum Gasteiger partial charge on any atom is -0.478 e. The molecule has 17 heavy (non-hydrogen) atoms. The van der Waals surface area contributed by atoms with Crippen LogP contribution >= 0.6 is 11.6 Å². The van der Waals surface area contributed by atoms with E-state index in [0.29, 0.717) is 12.5 Å². The van der Waals surface area contributed by atoms with Crippen molar-refractivity contribution in [2.45, 2.75) is 32.6 Å². The molecule has 0 fully saturated rings. The Morgan fingerprint density at radius 2 is 2.18 bits per heavy atom. The second-order valence-corrected chi connectivity index (χ2v) is 4.78. The van der Waals surface area contributed by atoms with Crippen molar-refractivity contribution in [1.82, 2.24) is 9.97 Å². The Kier molecular flexibility index (Phi) is 5.48. The molecule has 1 aromatic rings. The number of ether oxygens (including phenoxy) is 1. The average Bonchev–Trinajstić information content (AvgIpc) is 2.25. The van der Waals surface area contributed by atoms with Crippen LogP contribution in [0.25, 0.3) is 0 Å². The van der Waals surface area contributed by atoms with Crippen LogP contribution < -0.4 is 9.64 Å². The molecule has 1 aromatic heterocycles. The molecule has 1 unspecified atom stereocenters. The number of halogens is 1. The highest BCUT2D eigenvalue weighted by Gasteiger charge is 2.08. The first-order valence-corrected chi connectivity index (χ1v) is 6.30. The van der Waals surface area contributed by atoms with Gasteiger partial charge >= 0.3 is 0 Å². The predicted molar refractivity (Wildman–Crippen MR) is 71.1 cm³/mol. The molecule has 0 aliphatic rings. The molecule has 1 rings (SSSR count). The van der Waals surface area contributed by atoms with Crippen molar-refractivity contribution < 1.29 is 4.74 Å². The van der Waals surface area contributed by atoms with E-state index in [1.165, 1.54) is 0 Å². The SMILES string of the molecule is CCOc1cc(N(C)CCC(C)Cl)nc(C)n1. The summed E-state index contributed by atoms with van der Waals surface area (Å²) < 4.78 is 5.40. The normalized spacial score (nSPS) is 12.3. The minimum atomic E-state index is 0.173. The third kappa shape index (κ3) is 4.77. The van der Waals surface area contributed by atoms with Crippen molar-refractivity contribution in [2.24, 2.45) is 0 Å². The Labute approximate surface area is 108 Å². The van der Waals surface area contributed by atoms with Crippen LogP contribution in [0.1, 0.15) is 26.1 Å². The number of rotatable bonds is 6. The largest absolute Gasteiger partial charge is 0.478 e. The smallest absolute Gasteiger partial charge is 0.218 e. The fraction of sp³-hybridized carbons (Fsp3) is 0.667. The fourth-order valence-electron chi connectivity index (χ4n) is 1.43. The van der Waals surface area contributed by atoms with Crippen molar-refractivity contribution in [3.8, 4) is 5.88 Å². The van der Waals surface area contributed by atoms with Crippen LogP contribution in [0, 0.1) is 6.92 Å². The van der Waals surface area contributed by atoms with Gasteiger partial charge in [-0.3, -0.25) is 0 Å². The van der Waals surface area contributed by atoms with Gasteiger partial charge in [-0.2, -0.15) is 4.98 Å². The molecule has 0 aliphatic carbocycles. The molecule has 0 N–H and O–H groups in total. The van der Waals surface area contributed by atoms with Crippen LogP contribution in [0.4, 0.5) is 5.82 Å². The van der Waals surface area contributed by atoms with Crippen molar-refractivity contribution in [1.29, 1.82) is 0 Å². The van der Waals surface area contributed by atoms with E-state index < -0.39 is 0 Å². The Hall–Kier alpha value is -1.03. The molecule has 1 heterocycles. The third-order valence-electron chi connectivity index (χ3n) is 2.35. The summed E-state index contributed by atoms with van der Waals surface area (Å²) in [4.78, 5) is 10.7. The van der Waals surface area contributed by atoms with Gasteiger partial charge in [0.25, 0.3) is 0 Å². The molecular weight excluding hydrogens is 238 g/mol. The second-order valence-electron chi connectivity index (χ2n) is 4.04. The molecular formula is C12H20ClN3O. The van der Waals surface area contributed by atoms with Crippen LogP contribution in [0.2, 0.25) is 0 Å². The number of anilines is 1. The lowest BCUT2D eigenvalue weighted by molar-refractivity contribution is 0.325. The summed E-state index contributed by atoms with van der Waals surface area (Å²) in [7, 11) is 2.00. The number of nitrogens with zero attached hydrogens (tertiary/aromatic N) is 3. The quantitative estimate of drug-likeness (QED) is 0.735. The maximum absolute atomic E-state index is 5.94. The van der Waals surface area contributed by atoms with Gasteiger partial charge in [-0.25, -0.2) is 4.98 Å². The highest BCUT2D eigenvalue weighted by molar-refractivity contribution is 6.20. The zero-order chi connectivity index (χ0) is 12.8. The lowest BCUT2D eigenvalue weighted by Gasteiger charge is -2.19. The lowest BCUT2D eigenvalue weighted by atomic mass is 10.3. The number of aryl methyl sites for hydroxylation is 1. The van der Waals surface area contributed by atoms with E-state index in [1.54, 1.807) is 0 Å². The van der Waals surface area contributed by atoms with Crippen molar-refractivity contribution in [2.75, 3.05) is 25.1 Å². The van der Waals surface area contributed by atoms with Gasteiger partial charge in [-0.05, 0) is 27.2 Å². The molecule has 1 atom stereocenters. The van der Waals surface area contributed by atoms with E-state index in [-0.39, 0.29) is 5.38 Å². The lowest BCUT2D eigenvalue weighted by Crippen LogP contribution is -2.22. The van der Waals surface area contributed by atoms with Crippen LogP contribution in [0.15, 0.2) is 6.07 Å². The molecule has 0 radical (unpaired) electrons. The van der Waals surface area contributed by atoms with Gasteiger partial charge in [0.1, 0.15) is 11.6 Å². The zero-order valence-electron chi connectivity index (χ0n) is 10.9. The van der Waals surface area contributed by atoms with Gasteiger partial charge in [0.15, 0.2) is 0 Å². The van der Waals surface area contributed by atoms with Crippen molar-refractivity contribution in [3.05, 3.63) is 11.9 Å². The van der Waals surface area contributed by atoms with Gasteiger partial charge in [0, 0.05) is 25.0 Å². The first kappa shape index (κ1) is 14.0. The number of hydrogen-bond acceptors (Lipinski definition) is 4. The van der Waals surface area contributed by atoms with Crippen LogP contribution in [0.5, 0.6) is 5.88 Å². The molecule has 0 aliphatic heterocycles. The summed E-state index contributed by atoms with van der Waals surface area (Å²) >= 11 is 5.94. The van der Waals surface area contributed by atoms with Crippen LogP contribution in [-0.4, -0.2) is 35.5 Å². The number of hydrogen-bond donors (Lipinski definition) is 0. The fourth-order valence-corrected chi connectivity index (χ4v) is 1.53. The first-order chi connectivity index (χ1) is 8.02. The van der Waals surface area contributed by atoms with E-state index in [1.807, 2.05) is 33.9 Å². The Morgan fingerprint density at radius 3 is 2.76 bits per heavy atom. The van der Waals surface area contributed by atoms with Gasteiger partial charge in [0.05, 0.1) is 6.61 Å². The highest BCUT2D eigenvalue weighted by Crippen LogP contribution is 2.17. The summed E-state index contributed by atoms with van der Waals surface area (Å²) in [5.74, 6) is 2.22. The Bertz CT molecular complexity index is 358. The standard InChI is InChI=1S/C12H20ClN3O/c1-5-17-12-8-11(14-10(3)15-12)16(4)7-6-9(2)13/h8-9H,5-7H2,1-4H3. The maximum Gasteiger partial charge on any atom is 0.218 e. The molecule has 0 spiro atoms. The monoisotopic (exact) mass is 257 g/mol. The maximum atomic E-state index is 5.94. The molecule has 4 nitrogen and oxygen atoms in total. The molecule has 0 aromatic carbocycles. The second kappa shape index (κ2) is 6.64. The van der Waals surface area contributed by atoms with Gasteiger partial charge in [0.2, 0.25) is 5.88 Å².